The van der Waals surface area contributed by atoms with Crippen molar-refractivity contribution in [3.63, 3.8) is 0 Å². The fraction of sp³-hybridized carbons (Fsp3) is 0.500. The molecule has 2 aliphatic heterocycles. The Morgan fingerprint density at radius 1 is 1.15 bits per heavy atom. The van der Waals surface area contributed by atoms with E-state index in [-0.39, 0.29) is 0 Å². The van der Waals surface area contributed by atoms with Crippen LogP contribution < -0.4 is 9.47 Å². The Morgan fingerprint density at radius 2 is 1.90 bits per heavy atom. The predicted octanol–water partition coefficient (Wildman–Crippen LogP) is 2.85. The monoisotopic (exact) mass is 272 g/mol. The number of benzene rings is 1. The fourth-order valence-electron chi connectivity index (χ4n) is 3.32. The van der Waals surface area contributed by atoms with Crippen LogP contribution in [0.4, 0.5) is 0 Å². The summed E-state index contributed by atoms with van der Waals surface area (Å²) in [5.74, 6) is 1.73. The molecule has 1 saturated heterocycles. The summed E-state index contributed by atoms with van der Waals surface area (Å²) in [6.45, 7) is 6.18. The normalized spacial score (nSPS) is 19.9. The molecule has 0 bridgehead atoms. The summed E-state index contributed by atoms with van der Waals surface area (Å²) in [4.78, 5) is 2.58. The number of ether oxygens (including phenoxy) is 2. The van der Waals surface area contributed by atoms with Gasteiger partial charge in [-0.05, 0) is 45.0 Å². The summed E-state index contributed by atoms with van der Waals surface area (Å²) < 4.78 is 13.3. The first-order chi connectivity index (χ1) is 9.81. The highest BCUT2D eigenvalue weighted by atomic mass is 16.7. The first-order valence-corrected chi connectivity index (χ1v) is 7.44. The Morgan fingerprint density at radius 3 is 2.70 bits per heavy atom. The van der Waals surface area contributed by atoms with Gasteiger partial charge in [-0.15, -0.1) is 0 Å². The minimum Gasteiger partial charge on any atom is -0.454 e. The Hall–Kier alpha value is -1.68. The van der Waals surface area contributed by atoms with Gasteiger partial charge in [-0.1, -0.05) is 0 Å². The zero-order chi connectivity index (χ0) is 13.5. The molecule has 0 aliphatic carbocycles. The SMILES string of the molecule is C[C@H](Cn1ccc2cc3c(cc21)OCO3)N1CCCC1. The molecule has 0 radical (unpaired) electrons. The van der Waals surface area contributed by atoms with Crippen molar-refractivity contribution in [2.45, 2.75) is 32.4 Å². The second-order valence-corrected chi connectivity index (χ2v) is 5.82. The summed E-state index contributed by atoms with van der Waals surface area (Å²) in [5.41, 5.74) is 1.24. The van der Waals surface area contributed by atoms with Gasteiger partial charge in [-0.2, -0.15) is 0 Å². The van der Waals surface area contributed by atoms with E-state index in [0.717, 1.165) is 18.0 Å². The van der Waals surface area contributed by atoms with Gasteiger partial charge in [0.1, 0.15) is 0 Å². The van der Waals surface area contributed by atoms with Crippen LogP contribution in [0.5, 0.6) is 11.5 Å². The minimum absolute atomic E-state index is 0.339. The van der Waals surface area contributed by atoms with Crippen LogP contribution >= 0.6 is 0 Å². The molecule has 0 spiro atoms. The maximum absolute atomic E-state index is 5.49. The summed E-state index contributed by atoms with van der Waals surface area (Å²) in [5, 5.41) is 1.22. The molecule has 0 N–H and O–H groups in total. The van der Waals surface area contributed by atoms with E-state index in [1.165, 1.54) is 36.8 Å². The summed E-state index contributed by atoms with van der Waals surface area (Å²) in [7, 11) is 0. The van der Waals surface area contributed by atoms with Crippen molar-refractivity contribution in [3.05, 3.63) is 24.4 Å². The third kappa shape index (κ3) is 1.95. The topological polar surface area (TPSA) is 26.6 Å². The van der Waals surface area contributed by atoms with Crippen LogP contribution in [0, 0.1) is 0 Å². The minimum atomic E-state index is 0.339. The lowest BCUT2D eigenvalue weighted by atomic mass is 10.2. The molecule has 0 amide bonds. The molecular weight excluding hydrogens is 252 g/mol. The van der Waals surface area contributed by atoms with Gasteiger partial charge in [0.05, 0.1) is 5.52 Å². The van der Waals surface area contributed by atoms with Crippen LogP contribution in [0.1, 0.15) is 19.8 Å². The van der Waals surface area contributed by atoms with Crippen molar-refractivity contribution in [3.8, 4) is 11.5 Å². The molecule has 1 fully saturated rings. The van der Waals surface area contributed by atoms with Crippen LogP contribution in [0.15, 0.2) is 24.4 Å². The standard InChI is InChI=1S/C16H20N2O2/c1-12(17-5-2-3-6-17)10-18-7-4-13-8-15-16(9-14(13)18)20-11-19-15/h4,7-9,12H,2-3,5-6,10-11H2,1H3/t12-/m1/s1. The highest BCUT2D eigenvalue weighted by Crippen LogP contribution is 2.36. The Bertz CT molecular complexity index is 629. The number of likely N-dealkylation sites (tertiary alicyclic amines) is 1. The number of rotatable bonds is 3. The van der Waals surface area contributed by atoms with E-state index in [9.17, 15) is 0 Å². The number of hydrogen-bond donors (Lipinski definition) is 0. The average Bonchev–Trinajstić information content (AvgIpc) is 3.17. The quantitative estimate of drug-likeness (QED) is 0.859. The van der Waals surface area contributed by atoms with E-state index in [0.29, 0.717) is 12.8 Å². The summed E-state index contributed by atoms with van der Waals surface area (Å²) in [6.07, 6.45) is 4.86. The van der Waals surface area contributed by atoms with Gasteiger partial charge < -0.3 is 14.0 Å². The van der Waals surface area contributed by atoms with Gasteiger partial charge in [-0.3, -0.25) is 4.90 Å². The van der Waals surface area contributed by atoms with Crippen LogP contribution in [0.25, 0.3) is 10.9 Å². The van der Waals surface area contributed by atoms with E-state index < -0.39 is 0 Å². The zero-order valence-electron chi connectivity index (χ0n) is 11.8. The van der Waals surface area contributed by atoms with Crippen molar-refractivity contribution in [2.75, 3.05) is 19.9 Å². The van der Waals surface area contributed by atoms with E-state index in [1.807, 2.05) is 0 Å². The van der Waals surface area contributed by atoms with Crippen LogP contribution in [-0.2, 0) is 6.54 Å². The summed E-state index contributed by atoms with van der Waals surface area (Å²) >= 11 is 0. The molecule has 106 valence electrons. The largest absolute Gasteiger partial charge is 0.454 e. The Balaban J connectivity index is 1.63. The number of hydrogen-bond acceptors (Lipinski definition) is 3. The lowest BCUT2D eigenvalue weighted by molar-refractivity contribution is 0.174. The maximum Gasteiger partial charge on any atom is 0.231 e. The third-order valence-electron chi connectivity index (χ3n) is 4.49. The Labute approximate surface area is 118 Å². The molecule has 2 aliphatic rings. The van der Waals surface area contributed by atoms with Gasteiger partial charge in [-0.25, -0.2) is 0 Å². The maximum atomic E-state index is 5.49. The highest BCUT2D eigenvalue weighted by Gasteiger charge is 2.20. The number of nitrogens with zero attached hydrogens (tertiary/aromatic N) is 2. The van der Waals surface area contributed by atoms with Crippen molar-refractivity contribution < 1.29 is 9.47 Å². The first kappa shape index (κ1) is 12.1. The Kier molecular flexibility index (Phi) is 2.84. The average molecular weight is 272 g/mol. The third-order valence-corrected chi connectivity index (χ3v) is 4.49. The smallest absolute Gasteiger partial charge is 0.231 e. The molecule has 0 saturated carbocycles. The molecular formula is C16H20N2O2. The molecule has 1 aromatic heterocycles. The van der Waals surface area contributed by atoms with Crippen molar-refractivity contribution in [1.29, 1.82) is 0 Å². The second kappa shape index (κ2) is 4.70. The van der Waals surface area contributed by atoms with Crippen molar-refractivity contribution in [2.24, 2.45) is 0 Å². The van der Waals surface area contributed by atoms with E-state index in [1.54, 1.807) is 0 Å². The first-order valence-electron chi connectivity index (χ1n) is 7.44. The van der Waals surface area contributed by atoms with Gasteiger partial charge >= 0.3 is 0 Å². The van der Waals surface area contributed by atoms with Crippen molar-refractivity contribution in [1.82, 2.24) is 9.47 Å². The fourth-order valence-corrected chi connectivity index (χ4v) is 3.32. The van der Waals surface area contributed by atoms with Gasteiger partial charge in [0, 0.05) is 30.2 Å². The lowest BCUT2D eigenvalue weighted by Gasteiger charge is -2.24. The van der Waals surface area contributed by atoms with Crippen LogP contribution in [-0.4, -0.2) is 35.4 Å². The summed E-state index contributed by atoms with van der Waals surface area (Å²) in [6, 6.07) is 6.93. The zero-order valence-corrected chi connectivity index (χ0v) is 11.8. The van der Waals surface area contributed by atoms with Crippen molar-refractivity contribution >= 4 is 10.9 Å². The molecule has 0 unspecified atom stereocenters. The van der Waals surface area contributed by atoms with E-state index in [2.05, 4.69) is 40.8 Å². The highest BCUT2D eigenvalue weighted by molar-refractivity contribution is 5.84. The number of fused-ring (bicyclic) bond motifs is 2. The second-order valence-electron chi connectivity index (χ2n) is 5.82. The van der Waals surface area contributed by atoms with E-state index in [4.69, 9.17) is 9.47 Å². The van der Waals surface area contributed by atoms with Crippen LogP contribution in [0.2, 0.25) is 0 Å². The number of aromatic nitrogens is 1. The van der Waals surface area contributed by atoms with Gasteiger partial charge in [0.2, 0.25) is 6.79 Å². The molecule has 4 nitrogen and oxygen atoms in total. The van der Waals surface area contributed by atoms with E-state index >= 15 is 0 Å². The lowest BCUT2D eigenvalue weighted by Crippen LogP contribution is -2.33. The van der Waals surface area contributed by atoms with Gasteiger partial charge in [0.15, 0.2) is 11.5 Å². The molecule has 20 heavy (non-hydrogen) atoms. The molecule has 4 rings (SSSR count). The molecule has 1 atom stereocenters. The van der Waals surface area contributed by atoms with Crippen LogP contribution in [0.3, 0.4) is 0 Å². The molecule has 4 heteroatoms. The molecule has 2 aromatic rings. The molecule has 3 heterocycles. The van der Waals surface area contributed by atoms with Gasteiger partial charge in [0.25, 0.3) is 0 Å². The molecule has 1 aromatic carbocycles. The predicted molar refractivity (Wildman–Crippen MR) is 78.3 cm³/mol.